The molecule has 1 aromatic heterocycles. The average molecular weight is 357 g/mol. The molecule has 0 spiro atoms. The van der Waals surface area contributed by atoms with Gasteiger partial charge in [-0.25, -0.2) is 4.98 Å². The van der Waals surface area contributed by atoms with Gasteiger partial charge in [-0.05, 0) is 25.1 Å². The molecule has 3 rings (SSSR count). The third kappa shape index (κ3) is 4.08. The van der Waals surface area contributed by atoms with Crippen LogP contribution in [0.5, 0.6) is 5.75 Å². The Kier molecular flexibility index (Phi) is 5.31. The summed E-state index contributed by atoms with van der Waals surface area (Å²) >= 11 is 0. The summed E-state index contributed by atoms with van der Waals surface area (Å²) in [6, 6.07) is 10.4. The number of piperazine rings is 1. The quantitative estimate of drug-likeness (QED) is 0.597. The number of amides is 1. The van der Waals surface area contributed by atoms with E-state index in [1.807, 2.05) is 24.4 Å². The van der Waals surface area contributed by atoms with Crippen LogP contribution >= 0.6 is 0 Å². The second kappa shape index (κ2) is 7.81. The van der Waals surface area contributed by atoms with Gasteiger partial charge in [-0.2, -0.15) is 0 Å². The fourth-order valence-electron chi connectivity index (χ4n) is 2.94. The molecule has 8 heteroatoms. The van der Waals surface area contributed by atoms with Crippen LogP contribution in [0, 0.1) is 17.0 Å². The average Bonchev–Trinajstić information content (AvgIpc) is 2.66. The van der Waals surface area contributed by atoms with Crippen LogP contribution in [-0.4, -0.2) is 48.5 Å². The minimum atomic E-state index is -0.437. The number of nitrogens with zero attached hydrogens (tertiary/aromatic N) is 3. The second-order valence-corrected chi connectivity index (χ2v) is 6.11. The second-order valence-electron chi connectivity index (χ2n) is 6.11. The number of aromatic amines is 1. The number of carbonyl (C=O) groups is 1. The molecular weight excluding hydrogens is 336 g/mol. The van der Waals surface area contributed by atoms with Crippen LogP contribution in [0.15, 0.2) is 42.6 Å². The number of H-pyrrole nitrogens is 1. The Morgan fingerprint density at radius 1 is 1.23 bits per heavy atom. The summed E-state index contributed by atoms with van der Waals surface area (Å²) < 4.78 is 5.51. The van der Waals surface area contributed by atoms with Crippen molar-refractivity contribution in [3.8, 4) is 5.75 Å². The molecule has 1 N–H and O–H groups in total. The van der Waals surface area contributed by atoms with E-state index in [1.165, 1.54) is 12.1 Å². The molecule has 2 heterocycles. The Morgan fingerprint density at radius 2 is 2.00 bits per heavy atom. The van der Waals surface area contributed by atoms with Crippen molar-refractivity contribution in [1.82, 2.24) is 4.90 Å². The van der Waals surface area contributed by atoms with E-state index in [0.29, 0.717) is 24.4 Å². The maximum Gasteiger partial charge on any atom is 0.274 e. The van der Waals surface area contributed by atoms with Crippen molar-refractivity contribution in [2.75, 3.05) is 37.7 Å². The molecule has 0 atom stereocenters. The monoisotopic (exact) mass is 357 g/mol. The Labute approximate surface area is 151 Å². The van der Waals surface area contributed by atoms with Crippen molar-refractivity contribution in [3.05, 3.63) is 58.3 Å². The fourth-order valence-corrected chi connectivity index (χ4v) is 2.94. The summed E-state index contributed by atoms with van der Waals surface area (Å²) in [4.78, 5) is 29.9. The molecule has 2 aromatic rings. The summed E-state index contributed by atoms with van der Waals surface area (Å²) in [5.41, 5.74) is 0.546. The van der Waals surface area contributed by atoms with Crippen LogP contribution in [-0.2, 0) is 4.79 Å². The van der Waals surface area contributed by atoms with Gasteiger partial charge in [-0.1, -0.05) is 6.07 Å². The molecule has 1 saturated heterocycles. The van der Waals surface area contributed by atoms with E-state index in [2.05, 4.69) is 9.88 Å². The first-order valence-electron chi connectivity index (χ1n) is 8.42. The summed E-state index contributed by atoms with van der Waals surface area (Å²) in [5, 5.41) is 10.8. The van der Waals surface area contributed by atoms with Crippen LogP contribution in [0.2, 0.25) is 0 Å². The van der Waals surface area contributed by atoms with Crippen LogP contribution in [0.3, 0.4) is 0 Å². The molecule has 26 heavy (non-hydrogen) atoms. The number of carbonyl (C=O) groups excluding carboxylic acids is 1. The van der Waals surface area contributed by atoms with Crippen molar-refractivity contribution in [1.29, 1.82) is 0 Å². The van der Waals surface area contributed by atoms with Crippen molar-refractivity contribution < 1.29 is 19.4 Å². The highest BCUT2D eigenvalue weighted by molar-refractivity contribution is 5.78. The van der Waals surface area contributed by atoms with Gasteiger partial charge in [0.2, 0.25) is 0 Å². The third-order valence-electron chi connectivity index (χ3n) is 4.39. The third-order valence-corrected chi connectivity index (χ3v) is 4.39. The van der Waals surface area contributed by atoms with Gasteiger partial charge in [0.1, 0.15) is 18.8 Å². The molecule has 0 bridgehead atoms. The van der Waals surface area contributed by atoms with Gasteiger partial charge in [-0.15, -0.1) is 0 Å². The Bertz CT molecular complexity index is 789. The van der Waals surface area contributed by atoms with Gasteiger partial charge in [0.05, 0.1) is 24.2 Å². The summed E-state index contributed by atoms with van der Waals surface area (Å²) in [7, 11) is 0. The van der Waals surface area contributed by atoms with Crippen molar-refractivity contribution in [2.24, 2.45) is 0 Å². The first-order valence-corrected chi connectivity index (χ1v) is 8.42. The van der Waals surface area contributed by atoms with E-state index in [4.69, 9.17) is 4.74 Å². The minimum Gasteiger partial charge on any atom is -0.484 e. The fraction of sp³-hybridized carbons (Fsp3) is 0.333. The molecular formula is C18H21N4O4+. The lowest BCUT2D eigenvalue weighted by atomic mass is 10.2. The van der Waals surface area contributed by atoms with Crippen LogP contribution < -0.4 is 14.6 Å². The molecule has 0 saturated carbocycles. The number of nitrogens with one attached hydrogen (secondary N) is 1. The largest absolute Gasteiger partial charge is 0.484 e. The number of rotatable bonds is 5. The van der Waals surface area contributed by atoms with Crippen molar-refractivity contribution >= 4 is 17.4 Å². The first-order chi connectivity index (χ1) is 12.5. The molecule has 1 aliphatic rings. The van der Waals surface area contributed by atoms with Gasteiger partial charge < -0.3 is 9.64 Å². The molecule has 0 unspecified atom stereocenters. The Hall–Kier alpha value is -3.16. The molecule has 8 nitrogen and oxygen atoms in total. The number of aryl methyl sites for hydroxylation is 1. The topological polar surface area (TPSA) is 90.1 Å². The number of pyridine rings is 1. The first kappa shape index (κ1) is 17.7. The molecule has 136 valence electrons. The molecule has 1 aromatic carbocycles. The summed E-state index contributed by atoms with van der Waals surface area (Å²) in [6.45, 7) is 4.33. The van der Waals surface area contributed by atoms with E-state index in [9.17, 15) is 14.9 Å². The molecule has 0 radical (unpaired) electrons. The highest BCUT2D eigenvalue weighted by Crippen LogP contribution is 2.23. The number of hydrogen-bond donors (Lipinski definition) is 0. The smallest absolute Gasteiger partial charge is 0.274 e. The number of benzene rings is 1. The number of hydrogen-bond acceptors (Lipinski definition) is 5. The van der Waals surface area contributed by atoms with Gasteiger partial charge in [0, 0.05) is 17.7 Å². The van der Waals surface area contributed by atoms with E-state index >= 15 is 0 Å². The zero-order valence-corrected chi connectivity index (χ0v) is 14.6. The van der Waals surface area contributed by atoms with E-state index < -0.39 is 4.92 Å². The van der Waals surface area contributed by atoms with E-state index in [0.717, 1.165) is 18.9 Å². The van der Waals surface area contributed by atoms with Gasteiger partial charge in [0.25, 0.3) is 17.4 Å². The Morgan fingerprint density at radius 3 is 2.62 bits per heavy atom. The zero-order chi connectivity index (χ0) is 18.5. The summed E-state index contributed by atoms with van der Waals surface area (Å²) in [6.07, 6.45) is 1.88. The Balaban J connectivity index is 1.50. The van der Waals surface area contributed by atoms with Gasteiger partial charge in [-0.3, -0.25) is 19.8 Å². The number of nitro benzene ring substituents is 1. The lowest BCUT2D eigenvalue weighted by Crippen LogP contribution is -2.51. The predicted octanol–water partition coefficient (Wildman–Crippen LogP) is 1.44. The highest BCUT2D eigenvalue weighted by Gasteiger charge is 2.26. The number of ether oxygens (including phenoxy) is 1. The molecule has 1 aliphatic heterocycles. The normalized spacial score (nSPS) is 14.2. The highest BCUT2D eigenvalue weighted by atomic mass is 16.6. The maximum atomic E-state index is 12.3. The summed E-state index contributed by atoms with van der Waals surface area (Å²) in [5.74, 6) is 1.41. The van der Waals surface area contributed by atoms with Crippen LogP contribution in [0.4, 0.5) is 11.5 Å². The predicted molar refractivity (Wildman–Crippen MR) is 95.1 cm³/mol. The lowest BCUT2D eigenvalue weighted by molar-refractivity contribution is -0.385. The number of aromatic nitrogens is 1. The standard InChI is InChI=1S/C18H20N4O4/c1-14-12-15(5-6-16(14)22(24)25)26-13-18(23)21-10-8-20(9-11-21)17-4-2-3-7-19-17/h2-7,12H,8-11,13H2,1H3/p+1. The van der Waals surface area contributed by atoms with Crippen LogP contribution in [0.1, 0.15) is 5.56 Å². The van der Waals surface area contributed by atoms with Crippen molar-refractivity contribution in [2.45, 2.75) is 6.92 Å². The van der Waals surface area contributed by atoms with Crippen LogP contribution in [0.25, 0.3) is 0 Å². The minimum absolute atomic E-state index is 0.0394. The SMILES string of the molecule is Cc1cc(OCC(=O)N2CCN(c3cccc[nH+]3)CC2)ccc1[N+](=O)[O-]. The zero-order valence-electron chi connectivity index (χ0n) is 14.6. The van der Waals surface area contributed by atoms with Crippen molar-refractivity contribution in [3.63, 3.8) is 0 Å². The molecule has 1 fully saturated rings. The molecule has 1 amide bonds. The molecule has 0 aliphatic carbocycles. The van der Waals surface area contributed by atoms with Gasteiger partial charge in [0.15, 0.2) is 6.61 Å². The lowest BCUT2D eigenvalue weighted by Gasteiger charge is -2.30. The number of anilines is 1. The number of nitro groups is 1. The maximum absolute atomic E-state index is 12.3. The van der Waals surface area contributed by atoms with E-state index in [-0.39, 0.29) is 18.2 Å². The van der Waals surface area contributed by atoms with Gasteiger partial charge >= 0.3 is 0 Å². The van der Waals surface area contributed by atoms with E-state index in [1.54, 1.807) is 17.9 Å².